The molecule has 4 atom stereocenters. The molecule has 2 rings (SSSR count). The summed E-state index contributed by atoms with van der Waals surface area (Å²) in [6.45, 7) is 9.57. The summed E-state index contributed by atoms with van der Waals surface area (Å²) in [5.41, 5.74) is 0.555. The van der Waals surface area contributed by atoms with Crippen molar-refractivity contribution >= 4 is 0 Å². The van der Waals surface area contributed by atoms with Gasteiger partial charge in [-0.1, -0.05) is 33.6 Å². The van der Waals surface area contributed by atoms with Crippen LogP contribution in [0.5, 0.6) is 0 Å². The smallest absolute Gasteiger partial charge is 0.000526 e. The Hall–Kier alpha value is -0.0400. The van der Waals surface area contributed by atoms with E-state index in [0.29, 0.717) is 5.41 Å². The second-order valence-electron chi connectivity index (χ2n) is 7.38. The van der Waals surface area contributed by atoms with Gasteiger partial charge >= 0.3 is 0 Å². The molecule has 0 saturated heterocycles. The maximum Gasteiger partial charge on any atom is 0.000526 e. The van der Waals surface area contributed by atoms with Gasteiger partial charge in [0.25, 0.3) is 0 Å². The zero-order valence-corrected chi connectivity index (χ0v) is 12.8. The van der Waals surface area contributed by atoms with Crippen molar-refractivity contribution in [3.05, 3.63) is 0 Å². The molecule has 0 aliphatic heterocycles. The first-order chi connectivity index (χ1) is 8.67. The van der Waals surface area contributed by atoms with Gasteiger partial charge in [-0.05, 0) is 68.2 Å². The molecule has 0 aromatic carbocycles. The Labute approximate surface area is 114 Å². The highest BCUT2D eigenvalue weighted by Gasteiger charge is 2.42. The SMILES string of the molecule is CCCNCC(C)(CCC)CC1CC2CCC1C2. The topological polar surface area (TPSA) is 12.0 Å². The molecule has 1 heteroatoms. The van der Waals surface area contributed by atoms with Crippen molar-refractivity contribution in [1.82, 2.24) is 5.32 Å². The summed E-state index contributed by atoms with van der Waals surface area (Å²) in [5, 5.41) is 3.68. The Morgan fingerprint density at radius 3 is 2.50 bits per heavy atom. The van der Waals surface area contributed by atoms with Gasteiger partial charge in [0.05, 0.1) is 0 Å². The van der Waals surface area contributed by atoms with Crippen LogP contribution in [0.4, 0.5) is 0 Å². The minimum absolute atomic E-state index is 0.555. The van der Waals surface area contributed by atoms with Crippen LogP contribution in [-0.2, 0) is 0 Å². The molecule has 2 fully saturated rings. The summed E-state index contributed by atoms with van der Waals surface area (Å²) in [6.07, 6.45) is 11.7. The van der Waals surface area contributed by atoms with Gasteiger partial charge in [0.15, 0.2) is 0 Å². The van der Waals surface area contributed by atoms with Crippen LogP contribution in [0.1, 0.15) is 72.1 Å². The van der Waals surface area contributed by atoms with Crippen LogP contribution in [0.15, 0.2) is 0 Å². The Bertz CT molecular complexity index is 250. The van der Waals surface area contributed by atoms with Crippen LogP contribution in [0, 0.1) is 23.2 Å². The predicted octanol–water partition coefficient (Wildman–Crippen LogP) is 4.62. The lowest BCUT2D eigenvalue weighted by molar-refractivity contribution is 0.172. The van der Waals surface area contributed by atoms with Gasteiger partial charge < -0.3 is 5.32 Å². The Morgan fingerprint density at radius 1 is 1.11 bits per heavy atom. The van der Waals surface area contributed by atoms with Crippen molar-refractivity contribution in [2.45, 2.75) is 72.1 Å². The monoisotopic (exact) mass is 251 g/mol. The van der Waals surface area contributed by atoms with Gasteiger partial charge in [-0.3, -0.25) is 0 Å². The summed E-state index contributed by atoms with van der Waals surface area (Å²) in [4.78, 5) is 0. The zero-order valence-electron chi connectivity index (χ0n) is 12.8. The average molecular weight is 251 g/mol. The lowest BCUT2D eigenvalue weighted by atomic mass is 9.73. The van der Waals surface area contributed by atoms with E-state index >= 15 is 0 Å². The first-order valence-electron chi connectivity index (χ1n) is 8.37. The third-order valence-electron chi connectivity index (χ3n) is 5.47. The summed E-state index contributed by atoms with van der Waals surface area (Å²) in [7, 11) is 0. The Kier molecular flexibility index (Phi) is 5.12. The molecule has 0 amide bonds. The van der Waals surface area contributed by atoms with E-state index in [1.807, 2.05) is 0 Å². The third kappa shape index (κ3) is 3.50. The predicted molar refractivity (Wildman–Crippen MR) is 79.7 cm³/mol. The van der Waals surface area contributed by atoms with Crippen LogP contribution in [0.25, 0.3) is 0 Å². The van der Waals surface area contributed by atoms with Crippen molar-refractivity contribution in [2.24, 2.45) is 23.2 Å². The standard InChI is InChI=1S/C17H33N/c1-4-8-17(3,13-18-9-5-2)12-16-11-14-6-7-15(16)10-14/h14-16,18H,4-13H2,1-3H3. The summed E-state index contributed by atoms with van der Waals surface area (Å²) >= 11 is 0. The quantitative estimate of drug-likeness (QED) is 0.621. The van der Waals surface area contributed by atoms with E-state index in [1.165, 1.54) is 38.8 Å². The molecular weight excluding hydrogens is 218 g/mol. The average Bonchev–Trinajstić information content (AvgIpc) is 2.91. The molecule has 18 heavy (non-hydrogen) atoms. The van der Waals surface area contributed by atoms with Crippen LogP contribution >= 0.6 is 0 Å². The van der Waals surface area contributed by atoms with E-state index in [4.69, 9.17) is 0 Å². The van der Waals surface area contributed by atoms with E-state index in [-0.39, 0.29) is 0 Å². The van der Waals surface area contributed by atoms with E-state index in [9.17, 15) is 0 Å². The number of hydrogen-bond donors (Lipinski definition) is 1. The van der Waals surface area contributed by atoms with Gasteiger partial charge in [-0.15, -0.1) is 0 Å². The van der Waals surface area contributed by atoms with Gasteiger partial charge in [0.1, 0.15) is 0 Å². The molecule has 0 heterocycles. The van der Waals surface area contributed by atoms with Gasteiger partial charge in [0, 0.05) is 6.54 Å². The highest BCUT2D eigenvalue weighted by atomic mass is 14.9. The molecule has 0 radical (unpaired) electrons. The van der Waals surface area contributed by atoms with Crippen LogP contribution in [0.3, 0.4) is 0 Å². The lowest BCUT2D eigenvalue weighted by Crippen LogP contribution is -2.35. The largest absolute Gasteiger partial charge is 0.316 e. The fraction of sp³-hybridized carbons (Fsp3) is 1.00. The van der Waals surface area contributed by atoms with Crippen molar-refractivity contribution in [3.63, 3.8) is 0 Å². The lowest BCUT2D eigenvalue weighted by Gasteiger charge is -2.35. The first kappa shape index (κ1) is 14.4. The molecule has 1 N–H and O–H groups in total. The molecule has 2 aliphatic rings. The number of hydrogen-bond acceptors (Lipinski definition) is 1. The maximum atomic E-state index is 3.68. The molecule has 2 saturated carbocycles. The molecule has 4 unspecified atom stereocenters. The molecule has 2 bridgehead atoms. The van der Waals surface area contributed by atoms with Crippen LogP contribution in [0.2, 0.25) is 0 Å². The minimum Gasteiger partial charge on any atom is -0.316 e. The minimum atomic E-state index is 0.555. The second kappa shape index (κ2) is 6.41. The first-order valence-corrected chi connectivity index (χ1v) is 8.37. The molecule has 0 spiro atoms. The molecule has 2 aliphatic carbocycles. The van der Waals surface area contributed by atoms with Crippen molar-refractivity contribution < 1.29 is 0 Å². The molecule has 0 aromatic heterocycles. The normalized spacial score (nSPS) is 33.8. The van der Waals surface area contributed by atoms with E-state index in [1.54, 1.807) is 25.7 Å². The third-order valence-corrected chi connectivity index (χ3v) is 5.47. The highest BCUT2D eigenvalue weighted by Crippen LogP contribution is 2.52. The van der Waals surface area contributed by atoms with Crippen molar-refractivity contribution in [2.75, 3.05) is 13.1 Å². The van der Waals surface area contributed by atoms with E-state index in [2.05, 4.69) is 26.1 Å². The molecule has 0 aromatic rings. The zero-order chi connectivity index (χ0) is 13.0. The Balaban J connectivity index is 1.84. The van der Waals surface area contributed by atoms with Crippen LogP contribution < -0.4 is 5.32 Å². The van der Waals surface area contributed by atoms with E-state index < -0.39 is 0 Å². The van der Waals surface area contributed by atoms with Gasteiger partial charge in [0.2, 0.25) is 0 Å². The van der Waals surface area contributed by atoms with Gasteiger partial charge in [-0.2, -0.15) is 0 Å². The molecule has 1 nitrogen and oxygen atoms in total. The summed E-state index contributed by atoms with van der Waals surface area (Å²) in [6, 6.07) is 0. The summed E-state index contributed by atoms with van der Waals surface area (Å²) < 4.78 is 0. The summed E-state index contributed by atoms with van der Waals surface area (Å²) in [5.74, 6) is 3.26. The number of fused-ring (bicyclic) bond motifs is 2. The Morgan fingerprint density at radius 2 is 1.94 bits per heavy atom. The van der Waals surface area contributed by atoms with Crippen molar-refractivity contribution in [3.8, 4) is 0 Å². The fourth-order valence-corrected chi connectivity index (χ4v) is 4.69. The second-order valence-corrected chi connectivity index (χ2v) is 7.38. The maximum absolute atomic E-state index is 3.68. The molecule has 106 valence electrons. The fourth-order valence-electron chi connectivity index (χ4n) is 4.69. The van der Waals surface area contributed by atoms with Crippen LogP contribution in [-0.4, -0.2) is 13.1 Å². The molecular formula is C17H33N. The van der Waals surface area contributed by atoms with Gasteiger partial charge in [-0.25, -0.2) is 0 Å². The number of nitrogens with one attached hydrogen (secondary N) is 1. The highest BCUT2D eigenvalue weighted by molar-refractivity contribution is 4.93. The number of rotatable bonds is 8. The van der Waals surface area contributed by atoms with E-state index in [0.717, 1.165) is 17.8 Å². The van der Waals surface area contributed by atoms with Crippen molar-refractivity contribution in [1.29, 1.82) is 0 Å².